The molecule has 1 aromatic rings. The maximum absolute atomic E-state index is 4.35. The van der Waals surface area contributed by atoms with Crippen molar-refractivity contribution in [1.82, 2.24) is 4.98 Å². The number of aryl methyl sites for hydroxylation is 2. The van der Waals surface area contributed by atoms with Gasteiger partial charge in [-0.05, 0) is 38.3 Å². The molecular weight excluding hydrogens is 172 g/mol. The first kappa shape index (κ1) is 10.8. The molecule has 0 saturated heterocycles. The monoisotopic (exact) mass is 190 g/mol. The standard InChI is InChI=1S/C12H18N2/c1-5-6-11(4)14-12-10(3)7-9(2)8-13-12/h5,7-8,11H,1,6H2,2-4H3,(H,13,14). The van der Waals surface area contributed by atoms with Gasteiger partial charge in [0.1, 0.15) is 5.82 Å². The van der Waals surface area contributed by atoms with Crippen LogP contribution >= 0.6 is 0 Å². The highest BCUT2D eigenvalue weighted by Crippen LogP contribution is 2.13. The summed E-state index contributed by atoms with van der Waals surface area (Å²) in [6.07, 6.45) is 4.76. The summed E-state index contributed by atoms with van der Waals surface area (Å²) in [5.41, 5.74) is 2.39. The molecule has 76 valence electrons. The molecule has 0 radical (unpaired) electrons. The summed E-state index contributed by atoms with van der Waals surface area (Å²) in [6.45, 7) is 9.97. The van der Waals surface area contributed by atoms with Gasteiger partial charge in [-0.15, -0.1) is 6.58 Å². The molecule has 1 unspecified atom stereocenters. The average molecular weight is 190 g/mol. The summed E-state index contributed by atoms with van der Waals surface area (Å²) in [5.74, 6) is 0.977. The molecule has 0 aliphatic carbocycles. The van der Waals surface area contributed by atoms with Crippen molar-refractivity contribution in [3.63, 3.8) is 0 Å². The molecular formula is C12H18N2. The van der Waals surface area contributed by atoms with Gasteiger partial charge in [0.2, 0.25) is 0 Å². The Morgan fingerprint density at radius 1 is 1.57 bits per heavy atom. The van der Waals surface area contributed by atoms with Gasteiger partial charge in [-0.1, -0.05) is 12.1 Å². The van der Waals surface area contributed by atoms with Gasteiger partial charge in [0.25, 0.3) is 0 Å². The molecule has 0 saturated carbocycles. The Hall–Kier alpha value is -1.31. The van der Waals surface area contributed by atoms with Crippen molar-refractivity contribution in [2.24, 2.45) is 0 Å². The van der Waals surface area contributed by atoms with E-state index < -0.39 is 0 Å². The van der Waals surface area contributed by atoms with E-state index in [4.69, 9.17) is 0 Å². The lowest BCUT2D eigenvalue weighted by Crippen LogP contribution is -2.15. The highest BCUT2D eigenvalue weighted by molar-refractivity contribution is 5.45. The normalized spacial score (nSPS) is 12.2. The van der Waals surface area contributed by atoms with Gasteiger partial charge in [0.05, 0.1) is 0 Å². The number of rotatable bonds is 4. The predicted octanol–water partition coefficient (Wildman–Crippen LogP) is 3.07. The summed E-state index contributed by atoms with van der Waals surface area (Å²) in [6, 6.07) is 2.53. The molecule has 0 bridgehead atoms. The number of pyridine rings is 1. The highest BCUT2D eigenvalue weighted by atomic mass is 15.0. The molecule has 2 heteroatoms. The number of anilines is 1. The SMILES string of the molecule is C=CCC(C)Nc1ncc(C)cc1C. The molecule has 1 rings (SSSR count). The fraction of sp³-hybridized carbons (Fsp3) is 0.417. The van der Waals surface area contributed by atoms with E-state index in [1.165, 1.54) is 11.1 Å². The Morgan fingerprint density at radius 2 is 2.29 bits per heavy atom. The Balaban J connectivity index is 2.71. The Kier molecular flexibility index (Phi) is 3.69. The first-order valence-corrected chi connectivity index (χ1v) is 4.94. The minimum atomic E-state index is 0.390. The average Bonchev–Trinajstić information content (AvgIpc) is 2.10. The van der Waals surface area contributed by atoms with Gasteiger partial charge < -0.3 is 5.32 Å². The number of nitrogens with one attached hydrogen (secondary N) is 1. The molecule has 1 atom stereocenters. The van der Waals surface area contributed by atoms with Crippen molar-refractivity contribution < 1.29 is 0 Å². The quantitative estimate of drug-likeness (QED) is 0.738. The first-order chi connectivity index (χ1) is 6.63. The van der Waals surface area contributed by atoms with Crippen LogP contribution in [0.4, 0.5) is 5.82 Å². The lowest BCUT2D eigenvalue weighted by atomic mass is 10.2. The molecule has 1 N–H and O–H groups in total. The third kappa shape index (κ3) is 2.87. The fourth-order valence-electron chi connectivity index (χ4n) is 1.41. The molecule has 0 spiro atoms. The molecule has 0 aliphatic heterocycles. The van der Waals surface area contributed by atoms with Crippen LogP contribution in [0.5, 0.6) is 0 Å². The van der Waals surface area contributed by atoms with Crippen molar-refractivity contribution in [3.05, 3.63) is 36.0 Å². The van der Waals surface area contributed by atoms with Crippen LogP contribution in [0.2, 0.25) is 0 Å². The van der Waals surface area contributed by atoms with Crippen molar-refractivity contribution in [2.45, 2.75) is 33.2 Å². The Morgan fingerprint density at radius 3 is 2.86 bits per heavy atom. The number of hydrogen-bond acceptors (Lipinski definition) is 2. The van der Waals surface area contributed by atoms with Gasteiger partial charge in [-0.3, -0.25) is 0 Å². The van der Waals surface area contributed by atoms with E-state index in [9.17, 15) is 0 Å². The third-order valence-corrected chi connectivity index (χ3v) is 2.12. The zero-order valence-corrected chi connectivity index (χ0v) is 9.17. The van der Waals surface area contributed by atoms with Crippen LogP contribution in [0.15, 0.2) is 24.9 Å². The maximum atomic E-state index is 4.35. The smallest absolute Gasteiger partial charge is 0.129 e. The van der Waals surface area contributed by atoms with E-state index in [2.05, 4.69) is 43.7 Å². The molecule has 0 aromatic carbocycles. The highest BCUT2D eigenvalue weighted by Gasteiger charge is 2.03. The van der Waals surface area contributed by atoms with Crippen LogP contribution in [0.25, 0.3) is 0 Å². The third-order valence-electron chi connectivity index (χ3n) is 2.12. The summed E-state index contributed by atoms with van der Waals surface area (Å²) in [7, 11) is 0. The minimum Gasteiger partial charge on any atom is -0.367 e. The maximum Gasteiger partial charge on any atom is 0.129 e. The summed E-state index contributed by atoms with van der Waals surface area (Å²) in [5, 5.41) is 3.36. The van der Waals surface area contributed by atoms with E-state index in [0.717, 1.165) is 12.2 Å². The predicted molar refractivity (Wildman–Crippen MR) is 61.6 cm³/mol. The van der Waals surface area contributed by atoms with Crippen molar-refractivity contribution in [1.29, 1.82) is 0 Å². The van der Waals surface area contributed by atoms with Gasteiger partial charge in [-0.2, -0.15) is 0 Å². The summed E-state index contributed by atoms with van der Waals surface area (Å²) < 4.78 is 0. The number of aromatic nitrogens is 1. The van der Waals surface area contributed by atoms with Crippen LogP contribution in [0.3, 0.4) is 0 Å². The second-order valence-electron chi connectivity index (χ2n) is 3.75. The first-order valence-electron chi connectivity index (χ1n) is 4.94. The largest absolute Gasteiger partial charge is 0.367 e. The van der Waals surface area contributed by atoms with Gasteiger partial charge in [0.15, 0.2) is 0 Å². The van der Waals surface area contributed by atoms with Gasteiger partial charge in [-0.25, -0.2) is 4.98 Å². The molecule has 2 nitrogen and oxygen atoms in total. The molecule has 1 heterocycles. The van der Waals surface area contributed by atoms with E-state index in [-0.39, 0.29) is 0 Å². The molecule has 14 heavy (non-hydrogen) atoms. The van der Waals surface area contributed by atoms with E-state index >= 15 is 0 Å². The fourth-order valence-corrected chi connectivity index (χ4v) is 1.41. The van der Waals surface area contributed by atoms with Crippen LogP contribution in [0, 0.1) is 13.8 Å². The lowest BCUT2D eigenvalue weighted by Gasteiger charge is -2.14. The van der Waals surface area contributed by atoms with Crippen molar-refractivity contribution in [2.75, 3.05) is 5.32 Å². The zero-order chi connectivity index (χ0) is 10.6. The molecule has 0 fully saturated rings. The van der Waals surface area contributed by atoms with Crippen LogP contribution < -0.4 is 5.32 Å². The van der Waals surface area contributed by atoms with E-state index in [0.29, 0.717) is 6.04 Å². The second kappa shape index (κ2) is 4.80. The van der Waals surface area contributed by atoms with Gasteiger partial charge >= 0.3 is 0 Å². The topological polar surface area (TPSA) is 24.9 Å². The van der Waals surface area contributed by atoms with Crippen molar-refractivity contribution >= 4 is 5.82 Å². The van der Waals surface area contributed by atoms with E-state index in [1.807, 2.05) is 12.3 Å². The Bertz CT molecular complexity index is 318. The summed E-state index contributed by atoms with van der Waals surface area (Å²) in [4.78, 5) is 4.35. The number of nitrogens with zero attached hydrogens (tertiary/aromatic N) is 1. The molecule has 0 amide bonds. The number of hydrogen-bond donors (Lipinski definition) is 1. The molecule has 1 aromatic heterocycles. The Labute approximate surface area is 86.1 Å². The van der Waals surface area contributed by atoms with Crippen LogP contribution in [-0.4, -0.2) is 11.0 Å². The lowest BCUT2D eigenvalue weighted by molar-refractivity contribution is 0.805. The van der Waals surface area contributed by atoms with Crippen molar-refractivity contribution in [3.8, 4) is 0 Å². The van der Waals surface area contributed by atoms with Gasteiger partial charge in [0, 0.05) is 12.2 Å². The zero-order valence-electron chi connectivity index (χ0n) is 9.17. The molecule has 0 aliphatic rings. The minimum absolute atomic E-state index is 0.390. The van der Waals surface area contributed by atoms with E-state index in [1.54, 1.807) is 0 Å². The second-order valence-corrected chi connectivity index (χ2v) is 3.75. The van der Waals surface area contributed by atoms with Crippen LogP contribution in [0.1, 0.15) is 24.5 Å². The summed E-state index contributed by atoms with van der Waals surface area (Å²) >= 11 is 0. The van der Waals surface area contributed by atoms with Crippen LogP contribution in [-0.2, 0) is 0 Å².